The summed E-state index contributed by atoms with van der Waals surface area (Å²) in [6.07, 6.45) is 5.60. The molecule has 0 amide bonds. The maximum absolute atomic E-state index is 11.8. The highest BCUT2D eigenvalue weighted by Crippen LogP contribution is 2.48. The predicted octanol–water partition coefficient (Wildman–Crippen LogP) is 1.10. The number of halogens is 1. The van der Waals surface area contributed by atoms with Gasteiger partial charge >= 0.3 is 0 Å². The van der Waals surface area contributed by atoms with Crippen LogP contribution in [0.3, 0.4) is 0 Å². The normalized spacial score (nSPS) is 18.6. The highest BCUT2D eigenvalue weighted by Gasteiger charge is 2.42. The number of hydrogen-bond acceptors (Lipinski definition) is 3. The van der Waals surface area contributed by atoms with Crippen molar-refractivity contribution in [2.45, 2.75) is 24.3 Å². The molecule has 2 rings (SSSR count). The molecule has 7 heteroatoms. The van der Waals surface area contributed by atoms with Gasteiger partial charge in [-0.1, -0.05) is 0 Å². The molecule has 1 saturated carbocycles. The first-order valence-electron chi connectivity index (χ1n) is 5.12. The summed E-state index contributed by atoms with van der Waals surface area (Å²) in [7, 11) is -3.44. The van der Waals surface area contributed by atoms with Gasteiger partial charge < -0.3 is 4.98 Å². The summed E-state index contributed by atoms with van der Waals surface area (Å²) in [4.78, 5) is 6.27. The highest BCUT2D eigenvalue weighted by atomic mass is 35.5. The summed E-state index contributed by atoms with van der Waals surface area (Å²) in [5.41, 5.74) is 0.0921. The minimum Gasteiger partial charge on any atom is -0.335 e. The molecule has 0 aliphatic heterocycles. The molecule has 1 heterocycles. The van der Waals surface area contributed by atoms with Crippen molar-refractivity contribution in [3.63, 3.8) is 0 Å². The van der Waals surface area contributed by atoms with Gasteiger partial charge in [0.1, 0.15) is 0 Å². The van der Waals surface area contributed by atoms with E-state index in [1.54, 1.807) is 0 Å². The number of alkyl halides is 1. The first-order chi connectivity index (χ1) is 7.58. The summed E-state index contributed by atoms with van der Waals surface area (Å²) in [5, 5.41) is 0.106. The van der Waals surface area contributed by atoms with Gasteiger partial charge in [-0.3, -0.25) is 0 Å². The largest absolute Gasteiger partial charge is 0.335 e. The Bertz CT molecular complexity index is 439. The quantitative estimate of drug-likeness (QED) is 0.755. The average molecular weight is 264 g/mol. The molecule has 1 aromatic rings. The Kier molecular flexibility index (Phi) is 3.23. The van der Waals surface area contributed by atoms with E-state index in [9.17, 15) is 8.42 Å². The third-order valence-electron chi connectivity index (χ3n) is 2.98. The Balaban J connectivity index is 1.96. The van der Waals surface area contributed by atoms with Crippen LogP contribution in [0.2, 0.25) is 0 Å². The van der Waals surface area contributed by atoms with E-state index in [2.05, 4.69) is 14.7 Å². The van der Waals surface area contributed by atoms with E-state index in [-0.39, 0.29) is 10.4 Å². The Morgan fingerprint density at radius 1 is 1.56 bits per heavy atom. The third kappa shape index (κ3) is 2.56. The zero-order valence-electron chi connectivity index (χ0n) is 8.74. The molecule has 16 heavy (non-hydrogen) atoms. The lowest BCUT2D eigenvalue weighted by Gasteiger charge is -2.13. The van der Waals surface area contributed by atoms with E-state index in [0.717, 1.165) is 19.3 Å². The fourth-order valence-corrected chi connectivity index (χ4v) is 3.07. The topological polar surface area (TPSA) is 74.8 Å². The Morgan fingerprint density at radius 3 is 2.81 bits per heavy atom. The maximum atomic E-state index is 11.8. The second-order valence-corrected chi connectivity index (χ2v) is 6.29. The number of imidazole rings is 1. The smallest absolute Gasteiger partial charge is 0.257 e. The number of nitrogens with one attached hydrogen (secondary N) is 2. The van der Waals surface area contributed by atoms with E-state index >= 15 is 0 Å². The number of hydrogen-bond donors (Lipinski definition) is 2. The van der Waals surface area contributed by atoms with E-state index in [4.69, 9.17) is 11.6 Å². The van der Waals surface area contributed by atoms with Gasteiger partial charge in [-0.05, 0) is 24.7 Å². The van der Waals surface area contributed by atoms with Gasteiger partial charge in [-0.2, -0.15) is 0 Å². The molecule has 1 aromatic heterocycles. The number of rotatable bonds is 6. The highest BCUT2D eigenvalue weighted by molar-refractivity contribution is 7.89. The Hall–Kier alpha value is -0.590. The molecule has 1 aliphatic rings. The molecular weight excluding hydrogens is 250 g/mol. The molecule has 0 atom stereocenters. The number of sulfonamides is 1. The summed E-state index contributed by atoms with van der Waals surface area (Å²) in [6, 6.07) is 0. The van der Waals surface area contributed by atoms with Crippen LogP contribution >= 0.6 is 11.6 Å². The average Bonchev–Trinajstić information content (AvgIpc) is 2.81. The Morgan fingerprint density at radius 2 is 2.31 bits per heavy atom. The van der Waals surface area contributed by atoms with Crippen LogP contribution in [0.1, 0.15) is 19.3 Å². The van der Waals surface area contributed by atoms with Crippen molar-refractivity contribution < 1.29 is 8.42 Å². The maximum Gasteiger partial charge on any atom is 0.257 e. The van der Waals surface area contributed by atoms with E-state index in [1.165, 1.54) is 12.5 Å². The van der Waals surface area contributed by atoms with Crippen LogP contribution < -0.4 is 4.72 Å². The number of aromatic nitrogens is 2. The van der Waals surface area contributed by atoms with Gasteiger partial charge in [0.2, 0.25) is 0 Å². The SMILES string of the molecule is O=S(=O)(NCC1(CCCl)CC1)c1cnc[nH]1. The lowest BCUT2D eigenvalue weighted by atomic mass is 10.1. The van der Waals surface area contributed by atoms with Crippen molar-refractivity contribution >= 4 is 21.6 Å². The van der Waals surface area contributed by atoms with Gasteiger partial charge in [0, 0.05) is 12.4 Å². The van der Waals surface area contributed by atoms with Gasteiger partial charge in [0.05, 0.1) is 12.5 Å². The number of aromatic amines is 1. The van der Waals surface area contributed by atoms with Crippen molar-refractivity contribution in [2.24, 2.45) is 5.41 Å². The second-order valence-electron chi connectivity index (χ2n) is 4.18. The summed E-state index contributed by atoms with van der Waals surface area (Å²) in [5.74, 6) is 0.575. The molecule has 5 nitrogen and oxygen atoms in total. The van der Waals surface area contributed by atoms with Gasteiger partial charge in [0.15, 0.2) is 5.03 Å². The van der Waals surface area contributed by atoms with Crippen LogP contribution in [0.25, 0.3) is 0 Å². The first-order valence-corrected chi connectivity index (χ1v) is 7.14. The van der Waals surface area contributed by atoms with Crippen molar-refractivity contribution in [1.82, 2.24) is 14.7 Å². The van der Waals surface area contributed by atoms with Crippen LogP contribution in [-0.2, 0) is 10.0 Å². The first kappa shape index (κ1) is 11.9. The molecule has 0 aromatic carbocycles. The lowest BCUT2D eigenvalue weighted by molar-refractivity contribution is 0.477. The van der Waals surface area contributed by atoms with Crippen molar-refractivity contribution in [2.75, 3.05) is 12.4 Å². The zero-order valence-corrected chi connectivity index (χ0v) is 10.3. The van der Waals surface area contributed by atoms with Crippen molar-refractivity contribution in [1.29, 1.82) is 0 Å². The summed E-state index contributed by atoms with van der Waals surface area (Å²) >= 11 is 5.68. The van der Waals surface area contributed by atoms with Crippen LogP contribution in [0.4, 0.5) is 0 Å². The summed E-state index contributed by atoms with van der Waals surface area (Å²) < 4.78 is 26.1. The molecule has 2 N–H and O–H groups in total. The zero-order chi connectivity index (χ0) is 11.6. The molecule has 0 bridgehead atoms. The van der Waals surface area contributed by atoms with Crippen LogP contribution in [-0.4, -0.2) is 30.8 Å². The molecule has 1 fully saturated rings. The van der Waals surface area contributed by atoms with Gasteiger partial charge in [0.25, 0.3) is 10.0 Å². The number of H-pyrrole nitrogens is 1. The molecule has 90 valence electrons. The fourth-order valence-electron chi connectivity index (χ4n) is 1.61. The molecule has 1 aliphatic carbocycles. The molecule has 0 saturated heterocycles. The lowest BCUT2D eigenvalue weighted by Crippen LogP contribution is -2.30. The van der Waals surface area contributed by atoms with E-state index in [0.29, 0.717) is 12.4 Å². The number of nitrogens with zero attached hydrogens (tertiary/aromatic N) is 1. The fraction of sp³-hybridized carbons (Fsp3) is 0.667. The second kappa shape index (κ2) is 4.35. The summed E-state index contributed by atoms with van der Waals surface area (Å²) in [6.45, 7) is 0.459. The van der Waals surface area contributed by atoms with E-state index < -0.39 is 10.0 Å². The van der Waals surface area contributed by atoms with E-state index in [1.807, 2.05) is 0 Å². The molecule has 0 unspecified atom stereocenters. The predicted molar refractivity (Wildman–Crippen MR) is 60.8 cm³/mol. The van der Waals surface area contributed by atoms with Crippen LogP contribution in [0.5, 0.6) is 0 Å². The Labute approximate surface area is 99.7 Å². The third-order valence-corrected chi connectivity index (χ3v) is 4.50. The van der Waals surface area contributed by atoms with Crippen molar-refractivity contribution in [3.8, 4) is 0 Å². The minimum absolute atomic E-state index is 0.0921. The molecule has 0 radical (unpaired) electrons. The minimum atomic E-state index is -3.44. The standard InChI is InChI=1S/C9H14ClN3O2S/c10-4-3-9(1-2-9)6-13-16(14,15)8-5-11-7-12-8/h5,7,13H,1-4,6H2,(H,11,12). The van der Waals surface area contributed by atoms with Crippen molar-refractivity contribution in [3.05, 3.63) is 12.5 Å². The molecular formula is C9H14ClN3O2S. The monoisotopic (exact) mass is 263 g/mol. The molecule has 0 spiro atoms. The van der Waals surface area contributed by atoms with Gasteiger partial charge in [-0.15, -0.1) is 11.6 Å². The van der Waals surface area contributed by atoms with Gasteiger partial charge in [-0.25, -0.2) is 18.1 Å². The van der Waals surface area contributed by atoms with Crippen LogP contribution in [0, 0.1) is 5.41 Å². The van der Waals surface area contributed by atoms with Crippen LogP contribution in [0.15, 0.2) is 17.6 Å².